The van der Waals surface area contributed by atoms with Crippen LogP contribution in [-0.4, -0.2) is 22.7 Å². The summed E-state index contributed by atoms with van der Waals surface area (Å²) in [4.78, 5) is 13.7. The average Bonchev–Trinajstić information content (AvgIpc) is 2.78. The molecular formula is C30H31F2NO3. The monoisotopic (exact) mass is 491 g/mol. The summed E-state index contributed by atoms with van der Waals surface area (Å²) in [7, 11) is 0. The molecule has 3 unspecified atom stereocenters. The topological polar surface area (TPSA) is 58.6 Å². The number of nitrogens with one attached hydrogen (secondary N) is 1. The molecule has 1 aliphatic rings. The maximum Gasteiger partial charge on any atom is 0.231 e. The van der Waals surface area contributed by atoms with Crippen LogP contribution in [0.3, 0.4) is 0 Å². The van der Waals surface area contributed by atoms with Crippen molar-refractivity contribution in [1.29, 1.82) is 0 Å². The Hall–Kier alpha value is -3.51. The Morgan fingerprint density at radius 3 is 2.44 bits per heavy atom. The largest absolute Gasteiger partial charge is 0.488 e. The van der Waals surface area contributed by atoms with E-state index in [4.69, 9.17) is 4.74 Å². The summed E-state index contributed by atoms with van der Waals surface area (Å²) >= 11 is 0. The fourth-order valence-electron chi connectivity index (χ4n) is 4.69. The van der Waals surface area contributed by atoms with Gasteiger partial charge >= 0.3 is 0 Å². The van der Waals surface area contributed by atoms with Gasteiger partial charge in [0.25, 0.3) is 0 Å². The molecule has 0 aliphatic heterocycles. The van der Waals surface area contributed by atoms with Crippen LogP contribution in [0.15, 0.2) is 78.9 Å². The first-order chi connectivity index (χ1) is 17.0. The fourth-order valence-corrected chi connectivity index (χ4v) is 4.69. The number of ether oxygens (including phenoxy) is 1. The van der Waals surface area contributed by atoms with Gasteiger partial charge in [-0.05, 0) is 81.1 Å². The van der Waals surface area contributed by atoms with Gasteiger partial charge in [-0.15, -0.1) is 0 Å². The van der Waals surface area contributed by atoms with Crippen LogP contribution in [0.5, 0.6) is 5.75 Å². The number of amides is 1. The van der Waals surface area contributed by atoms with Gasteiger partial charge in [0, 0.05) is 11.6 Å². The predicted octanol–water partition coefficient (Wildman–Crippen LogP) is 6.05. The first kappa shape index (κ1) is 25.6. The third-order valence-corrected chi connectivity index (χ3v) is 6.14. The number of carbonyl (C=O) groups is 1. The molecule has 188 valence electrons. The maximum absolute atomic E-state index is 15.1. The predicted molar refractivity (Wildman–Crippen MR) is 137 cm³/mol. The van der Waals surface area contributed by atoms with Gasteiger partial charge in [-0.3, -0.25) is 4.79 Å². The van der Waals surface area contributed by atoms with Gasteiger partial charge in [-0.2, -0.15) is 0 Å². The van der Waals surface area contributed by atoms with Crippen LogP contribution in [0, 0.1) is 5.82 Å². The highest BCUT2D eigenvalue weighted by Crippen LogP contribution is 2.47. The van der Waals surface area contributed by atoms with Crippen LogP contribution in [0.25, 0.3) is 5.83 Å². The van der Waals surface area contributed by atoms with E-state index in [0.29, 0.717) is 12.0 Å². The lowest BCUT2D eigenvalue weighted by Crippen LogP contribution is -2.47. The van der Waals surface area contributed by atoms with Crippen LogP contribution in [0.2, 0.25) is 0 Å². The van der Waals surface area contributed by atoms with Crippen LogP contribution in [-0.2, 0) is 16.8 Å². The third kappa shape index (κ3) is 5.49. The number of aliphatic hydroxyl groups is 1. The second kappa shape index (κ2) is 9.86. The highest BCUT2D eigenvalue weighted by molar-refractivity contribution is 5.90. The van der Waals surface area contributed by atoms with E-state index in [1.807, 2.05) is 52.0 Å². The maximum atomic E-state index is 15.1. The molecule has 0 heterocycles. The lowest BCUT2D eigenvalue weighted by molar-refractivity contribution is -0.128. The number of carbonyl (C=O) groups excluding carboxylic acids is 1. The molecule has 0 saturated heterocycles. The molecule has 36 heavy (non-hydrogen) atoms. The van der Waals surface area contributed by atoms with Crippen molar-refractivity contribution < 1.29 is 23.4 Å². The summed E-state index contributed by atoms with van der Waals surface area (Å²) in [5.41, 5.74) is -0.489. The second-order valence-electron chi connectivity index (χ2n) is 10.3. The Labute approximate surface area is 210 Å². The van der Waals surface area contributed by atoms with Crippen molar-refractivity contribution in [2.24, 2.45) is 0 Å². The van der Waals surface area contributed by atoms with E-state index in [1.165, 1.54) is 24.3 Å². The van der Waals surface area contributed by atoms with Crippen molar-refractivity contribution in [3.05, 3.63) is 107 Å². The highest BCUT2D eigenvalue weighted by Gasteiger charge is 2.47. The minimum absolute atomic E-state index is 0.230. The molecule has 3 aromatic carbocycles. The quantitative estimate of drug-likeness (QED) is 0.442. The number of rotatable bonds is 6. The molecule has 2 N–H and O–H groups in total. The van der Waals surface area contributed by atoms with E-state index in [0.717, 1.165) is 17.4 Å². The molecule has 0 radical (unpaired) electrons. The second-order valence-corrected chi connectivity index (χ2v) is 10.3. The van der Waals surface area contributed by atoms with Gasteiger partial charge < -0.3 is 15.2 Å². The zero-order valence-corrected chi connectivity index (χ0v) is 20.9. The lowest BCUT2D eigenvalue weighted by Gasteiger charge is -2.38. The summed E-state index contributed by atoms with van der Waals surface area (Å²) in [5.74, 6) is -1.96. The fraction of sp³-hybridized carbons (Fsp3) is 0.300. The van der Waals surface area contributed by atoms with Gasteiger partial charge in [-0.1, -0.05) is 48.5 Å². The zero-order valence-electron chi connectivity index (χ0n) is 20.9. The summed E-state index contributed by atoms with van der Waals surface area (Å²) in [6.07, 6.45) is 1.57. The first-order valence-electron chi connectivity index (χ1n) is 12.0. The summed E-state index contributed by atoms with van der Waals surface area (Å²) in [6.45, 7) is 7.80. The molecule has 0 bridgehead atoms. The summed E-state index contributed by atoms with van der Waals surface area (Å²) in [6, 6.07) is 19.1. The van der Waals surface area contributed by atoms with Crippen LogP contribution >= 0.6 is 0 Å². The Balaban J connectivity index is 1.61. The smallest absolute Gasteiger partial charge is 0.231 e. The molecule has 1 amide bonds. The number of fused-ring (bicyclic) bond motifs is 1. The van der Waals surface area contributed by atoms with Crippen molar-refractivity contribution >= 4 is 11.7 Å². The molecule has 0 aromatic heterocycles. The molecule has 1 aliphatic carbocycles. The number of hydrogen-bond donors (Lipinski definition) is 2. The van der Waals surface area contributed by atoms with Gasteiger partial charge in [0.1, 0.15) is 34.5 Å². The van der Waals surface area contributed by atoms with Crippen molar-refractivity contribution in [3.63, 3.8) is 0 Å². The number of hydrogen-bond acceptors (Lipinski definition) is 3. The van der Waals surface area contributed by atoms with Crippen LogP contribution in [0.1, 0.15) is 55.9 Å². The van der Waals surface area contributed by atoms with E-state index in [-0.39, 0.29) is 22.8 Å². The van der Waals surface area contributed by atoms with Crippen molar-refractivity contribution in [2.45, 2.75) is 57.3 Å². The summed E-state index contributed by atoms with van der Waals surface area (Å²) < 4.78 is 34.6. The zero-order chi connectivity index (χ0) is 26.1. The van der Waals surface area contributed by atoms with Crippen LogP contribution < -0.4 is 10.1 Å². The Morgan fingerprint density at radius 1 is 1.06 bits per heavy atom. The van der Waals surface area contributed by atoms with Crippen LogP contribution in [0.4, 0.5) is 8.78 Å². The van der Waals surface area contributed by atoms with E-state index in [1.54, 1.807) is 24.3 Å². The highest BCUT2D eigenvalue weighted by atomic mass is 19.1. The molecule has 0 saturated carbocycles. The molecule has 3 atom stereocenters. The van der Waals surface area contributed by atoms with Crippen molar-refractivity contribution in [2.75, 3.05) is 0 Å². The average molecular weight is 492 g/mol. The van der Waals surface area contributed by atoms with E-state index < -0.39 is 29.1 Å². The molecule has 0 fully saturated rings. The number of benzene rings is 3. The molecule has 4 rings (SSSR count). The van der Waals surface area contributed by atoms with Crippen molar-refractivity contribution in [3.8, 4) is 5.75 Å². The minimum Gasteiger partial charge on any atom is -0.488 e. The molecule has 0 spiro atoms. The SMILES string of the molecule is CC(Cc1cccc(OC(C)(C)C)c1)NC(=O)C1c2ccccc2C(F)=CC1(O)c1ccc(F)cc1. The minimum atomic E-state index is -1.99. The van der Waals surface area contributed by atoms with Crippen molar-refractivity contribution in [1.82, 2.24) is 5.32 Å². The van der Waals surface area contributed by atoms with E-state index in [9.17, 15) is 14.3 Å². The van der Waals surface area contributed by atoms with Gasteiger partial charge in [0.2, 0.25) is 5.91 Å². The van der Waals surface area contributed by atoms with E-state index >= 15 is 4.39 Å². The third-order valence-electron chi connectivity index (χ3n) is 6.14. The van der Waals surface area contributed by atoms with Gasteiger partial charge in [-0.25, -0.2) is 8.78 Å². The normalized spacial score (nSPS) is 20.2. The molecule has 3 aromatic rings. The summed E-state index contributed by atoms with van der Waals surface area (Å²) in [5, 5.41) is 14.7. The first-order valence-corrected chi connectivity index (χ1v) is 12.0. The van der Waals surface area contributed by atoms with E-state index in [2.05, 4.69) is 5.32 Å². The Morgan fingerprint density at radius 2 is 1.75 bits per heavy atom. The lowest BCUT2D eigenvalue weighted by atomic mass is 9.71. The Kier molecular flexibility index (Phi) is 7.01. The molecule has 4 nitrogen and oxygen atoms in total. The molecule has 6 heteroatoms. The standard InChI is InChI=1S/C30H31F2NO3/c1-19(16-20-8-7-9-23(17-20)36-29(2,3)4)33-28(34)27-25-11-6-5-10-24(25)26(32)18-30(27,35)21-12-14-22(31)15-13-21/h5-15,17-19,27,35H,16H2,1-4H3,(H,33,34). The number of halogens is 2. The Bertz CT molecular complexity index is 1280. The van der Waals surface area contributed by atoms with Gasteiger partial charge in [0.05, 0.1) is 0 Å². The van der Waals surface area contributed by atoms with Gasteiger partial charge in [0.15, 0.2) is 0 Å². The molecular weight excluding hydrogens is 460 g/mol.